The van der Waals surface area contributed by atoms with Gasteiger partial charge in [-0.3, -0.25) is 4.79 Å². The molecule has 0 fully saturated rings. The molecule has 8 nitrogen and oxygen atoms in total. The summed E-state index contributed by atoms with van der Waals surface area (Å²) >= 11 is 0. The summed E-state index contributed by atoms with van der Waals surface area (Å²) in [5.74, 6) is -4.83. The highest BCUT2D eigenvalue weighted by Gasteiger charge is 2.10. The van der Waals surface area contributed by atoms with Crippen LogP contribution in [0.3, 0.4) is 0 Å². The highest BCUT2D eigenvalue weighted by molar-refractivity contribution is 5.97. The smallest absolute Gasteiger partial charge is 0.331 e. The Morgan fingerprint density at radius 1 is 0.789 bits per heavy atom. The summed E-state index contributed by atoms with van der Waals surface area (Å²) in [5.41, 5.74) is -0.567. The number of aliphatic carboxylic acids is 4. The van der Waals surface area contributed by atoms with Gasteiger partial charge in [-0.1, -0.05) is 6.58 Å². The number of carbonyl (C=O) groups is 4. The van der Waals surface area contributed by atoms with E-state index in [0.717, 1.165) is 0 Å². The van der Waals surface area contributed by atoms with Gasteiger partial charge in [-0.2, -0.15) is 0 Å². The Hall–Kier alpha value is -2.64. The summed E-state index contributed by atoms with van der Waals surface area (Å²) in [5, 5.41) is 32.6. The van der Waals surface area contributed by atoms with Crippen LogP contribution in [0.1, 0.15) is 20.3 Å². The second kappa shape index (κ2) is 8.45. The van der Waals surface area contributed by atoms with Gasteiger partial charge in [0.1, 0.15) is 0 Å². The Bertz CT molecular complexity index is 422. The van der Waals surface area contributed by atoms with Gasteiger partial charge >= 0.3 is 23.9 Å². The highest BCUT2D eigenvalue weighted by atomic mass is 16.4. The Morgan fingerprint density at radius 3 is 1.21 bits per heavy atom. The van der Waals surface area contributed by atoms with Crippen molar-refractivity contribution in [2.45, 2.75) is 20.3 Å². The average molecular weight is 274 g/mol. The third kappa shape index (κ3) is 9.10. The van der Waals surface area contributed by atoms with Crippen molar-refractivity contribution >= 4 is 23.9 Å². The van der Waals surface area contributed by atoms with Crippen LogP contribution in [0.5, 0.6) is 0 Å². The van der Waals surface area contributed by atoms with E-state index in [2.05, 4.69) is 6.58 Å². The van der Waals surface area contributed by atoms with Gasteiger partial charge in [0.05, 0.1) is 6.42 Å². The van der Waals surface area contributed by atoms with Gasteiger partial charge in [-0.25, -0.2) is 14.4 Å². The molecule has 0 unspecified atom stereocenters. The van der Waals surface area contributed by atoms with Crippen molar-refractivity contribution in [2.24, 2.45) is 0 Å². The van der Waals surface area contributed by atoms with Crippen molar-refractivity contribution in [3.05, 3.63) is 23.3 Å². The van der Waals surface area contributed by atoms with Crippen molar-refractivity contribution in [3.8, 4) is 0 Å². The van der Waals surface area contributed by atoms with Crippen LogP contribution >= 0.6 is 0 Å². The lowest BCUT2D eigenvalue weighted by Crippen LogP contribution is -2.06. The Labute approximate surface area is 108 Å². The summed E-state index contributed by atoms with van der Waals surface area (Å²) in [7, 11) is 0. The first kappa shape index (κ1) is 18.7. The zero-order chi connectivity index (χ0) is 15.7. The lowest BCUT2D eigenvalue weighted by molar-refractivity contribution is -0.139. The Morgan fingerprint density at radius 2 is 1.11 bits per heavy atom. The molecule has 0 saturated heterocycles. The van der Waals surface area contributed by atoms with Gasteiger partial charge in [0.2, 0.25) is 0 Å². The summed E-state index contributed by atoms with van der Waals surface area (Å²) in [6.07, 6.45) is -0.505. The molecule has 0 radical (unpaired) electrons. The molecule has 4 N–H and O–H groups in total. The fourth-order valence-corrected chi connectivity index (χ4v) is 0.579. The predicted molar refractivity (Wildman–Crippen MR) is 62.7 cm³/mol. The summed E-state index contributed by atoms with van der Waals surface area (Å²) in [6, 6.07) is 0. The van der Waals surface area contributed by atoms with E-state index in [-0.39, 0.29) is 16.7 Å². The van der Waals surface area contributed by atoms with Crippen molar-refractivity contribution in [2.75, 3.05) is 0 Å². The van der Waals surface area contributed by atoms with Gasteiger partial charge in [0.25, 0.3) is 0 Å². The maximum Gasteiger partial charge on any atom is 0.331 e. The second-order valence-corrected chi connectivity index (χ2v) is 3.34. The topological polar surface area (TPSA) is 149 Å². The molecule has 106 valence electrons. The Balaban J connectivity index is 0. The summed E-state index contributed by atoms with van der Waals surface area (Å²) < 4.78 is 0. The van der Waals surface area contributed by atoms with Crippen LogP contribution in [-0.4, -0.2) is 44.3 Å². The maximum atomic E-state index is 10.1. The maximum absolute atomic E-state index is 10.1. The predicted octanol–water partition coefficient (Wildman–Crippen LogP) is 0.594. The lowest BCUT2D eigenvalue weighted by Gasteiger charge is -1.95. The third-order valence-corrected chi connectivity index (χ3v) is 1.87. The molecule has 8 heteroatoms. The molecule has 0 bridgehead atoms. The molecule has 0 aromatic rings. The van der Waals surface area contributed by atoms with Crippen molar-refractivity contribution in [1.82, 2.24) is 0 Å². The van der Waals surface area contributed by atoms with Gasteiger partial charge in [0.15, 0.2) is 0 Å². The van der Waals surface area contributed by atoms with E-state index in [1.807, 2.05) is 0 Å². The van der Waals surface area contributed by atoms with Crippen LogP contribution in [0.4, 0.5) is 0 Å². The molecule has 0 spiro atoms. The largest absolute Gasteiger partial charge is 0.481 e. The first-order valence-electron chi connectivity index (χ1n) is 4.77. The van der Waals surface area contributed by atoms with E-state index in [9.17, 15) is 19.2 Å². The number of hydrogen-bond acceptors (Lipinski definition) is 4. The number of hydrogen-bond donors (Lipinski definition) is 4. The van der Waals surface area contributed by atoms with Crippen LogP contribution in [0.2, 0.25) is 0 Å². The molecule has 0 aromatic carbocycles. The van der Waals surface area contributed by atoms with Crippen LogP contribution < -0.4 is 0 Å². The van der Waals surface area contributed by atoms with Crippen molar-refractivity contribution in [3.63, 3.8) is 0 Å². The van der Waals surface area contributed by atoms with Gasteiger partial charge in [-0.15, -0.1) is 0 Å². The molecule has 0 aliphatic carbocycles. The van der Waals surface area contributed by atoms with E-state index in [4.69, 9.17) is 20.4 Å². The zero-order valence-corrected chi connectivity index (χ0v) is 10.3. The lowest BCUT2D eigenvalue weighted by atomic mass is 10.1. The first-order valence-corrected chi connectivity index (χ1v) is 4.77. The third-order valence-electron chi connectivity index (χ3n) is 1.87. The summed E-state index contributed by atoms with van der Waals surface area (Å²) in [6.45, 7) is 5.53. The molecular formula is C11H14O8. The molecule has 0 aromatic heterocycles. The van der Waals surface area contributed by atoms with E-state index in [1.54, 1.807) is 0 Å². The monoisotopic (exact) mass is 274 g/mol. The molecule has 0 atom stereocenters. The minimum atomic E-state index is -1.27. The fourth-order valence-electron chi connectivity index (χ4n) is 0.579. The van der Waals surface area contributed by atoms with E-state index in [0.29, 0.717) is 0 Å². The molecule has 0 aliphatic heterocycles. The second-order valence-electron chi connectivity index (χ2n) is 3.34. The zero-order valence-electron chi connectivity index (χ0n) is 10.3. The normalized spacial score (nSPS) is 10.4. The van der Waals surface area contributed by atoms with Gasteiger partial charge in [-0.05, 0) is 13.8 Å². The van der Waals surface area contributed by atoms with Crippen molar-refractivity contribution < 1.29 is 39.6 Å². The number of carboxylic acids is 4. The van der Waals surface area contributed by atoms with Crippen molar-refractivity contribution in [1.29, 1.82) is 0 Å². The average Bonchev–Trinajstić information content (AvgIpc) is 2.26. The molecule has 19 heavy (non-hydrogen) atoms. The number of carboxylic acid groups (broad SMARTS) is 4. The molecular weight excluding hydrogens is 260 g/mol. The SMILES string of the molecule is C=C(CC(=O)O)C(=O)O.CC(C(=O)O)=C(C)C(=O)O. The van der Waals surface area contributed by atoms with Gasteiger partial charge in [0, 0.05) is 16.7 Å². The van der Waals surface area contributed by atoms with E-state index < -0.39 is 30.3 Å². The Kier molecular flexibility index (Phi) is 8.33. The summed E-state index contributed by atoms with van der Waals surface area (Å²) in [4.78, 5) is 39.9. The molecule has 0 aliphatic rings. The van der Waals surface area contributed by atoms with E-state index in [1.165, 1.54) is 13.8 Å². The van der Waals surface area contributed by atoms with Crippen LogP contribution in [0.15, 0.2) is 23.3 Å². The molecule has 0 saturated carbocycles. The molecule has 0 heterocycles. The minimum Gasteiger partial charge on any atom is -0.481 e. The standard InChI is InChI=1S/C6H8O4.C5H6O4/c1-3(5(7)8)4(2)6(9)10;1-3(5(8)9)2-4(6)7/h1-2H3,(H,7,8)(H,9,10);1-2H2,(H,6,7)(H,8,9). The minimum absolute atomic E-state index is 0.132. The number of rotatable bonds is 5. The molecule has 0 rings (SSSR count). The van der Waals surface area contributed by atoms with Crippen LogP contribution in [-0.2, 0) is 19.2 Å². The fraction of sp³-hybridized carbons (Fsp3) is 0.273. The quantitative estimate of drug-likeness (QED) is 0.532. The van der Waals surface area contributed by atoms with E-state index >= 15 is 0 Å². The first-order chi connectivity index (χ1) is 8.50. The van der Waals surface area contributed by atoms with Crippen LogP contribution in [0.25, 0.3) is 0 Å². The highest BCUT2D eigenvalue weighted by Crippen LogP contribution is 2.02. The van der Waals surface area contributed by atoms with Crippen LogP contribution in [0, 0.1) is 0 Å². The van der Waals surface area contributed by atoms with Gasteiger partial charge < -0.3 is 20.4 Å². The molecule has 0 amide bonds.